The van der Waals surface area contributed by atoms with Gasteiger partial charge in [-0.2, -0.15) is 10.1 Å². The third kappa shape index (κ3) is 5.86. The van der Waals surface area contributed by atoms with Gasteiger partial charge in [-0.15, -0.1) is 24.0 Å². The Morgan fingerprint density at radius 1 is 1.19 bits per heavy atom. The largest absolute Gasteiger partial charge is 0.350 e. The highest BCUT2D eigenvalue weighted by Gasteiger charge is 2.12. The molecule has 1 unspecified atom stereocenters. The minimum absolute atomic E-state index is 0. The van der Waals surface area contributed by atoms with Crippen molar-refractivity contribution in [3.63, 3.8) is 0 Å². The van der Waals surface area contributed by atoms with Crippen molar-refractivity contribution in [2.75, 3.05) is 7.05 Å². The number of nitrogens with one attached hydrogen (secondary N) is 2. The van der Waals surface area contributed by atoms with Gasteiger partial charge < -0.3 is 15.2 Å². The summed E-state index contributed by atoms with van der Waals surface area (Å²) >= 11 is 6.03. The Morgan fingerprint density at radius 3 is 2.78 bits per heavy atom. The van der Waals surface area contributed by atoms with Crippen LogP contribution >= 0.6 is 35.6 Å². The van der Waals surface area contributed by atoms with E-state index in [2.05, 4.69) is 49.9 Å². The van der Waals surface area contributed by atoms with Crippen LogP contribution in [0.15, 0.2) is 76.5 Å². The summed E-state index contributed by atoms with van der Waals surface area (Å²) in [5.74, 6) is 1.57. The quantitative estimate of drug-likeness (QED) is 0.202. The first-order valence-electron chi connectivity index (χ1n) is 9.78. The van der Waals surface area contributed by atoms with Crippen LogP contribution in [-0.2, 0) is 6.54 Å². The molecule has 0 saturated heterocycles. The van der Waals surface area contributed by atoms with E-state index in [1.54, 1.807) is 25.4 Å². The minimum atomic E-state index is 0. The van der Waals surface area contributed by atoms with Crippen molar-refractivity contribution in [3.8, 4) is 17.1 Å². The van der Waals surface area contributed by atoms with E-state index in [-0.39, 0.29) is 30.0 Å². The molecule has 0 bridgehead atoms. The topological polar surface area (TPSA) is 93.2 Å². The third-order valence-electron chi connectivity index (χ3n) is 4.67. The molecule has 2 aromatic carbocycles. The molecule has 0 aliphatic carbocycles. The molecule has 2 N–H and O–H groups in total. The molecule has 0 aliphatic rings. The second-order valence-corrected chi connectivity index (χ2v) is 7.30. The highest BCUT2D eigenvalue weighted by atomic mass is 127. The molecule has 32 heavy (non-hydrogen) atoms. The van der Waals surface area contributed by atoms with Crippen molar-refractivity contribution in [1.82, 2.24) is 30.6 Å². The Bertz CT molecular complexity index is 1180. The van der Waals surface area contributed by atoms with E-state index < -0.39 is 0 Å². The molecule has 0 amide bonds. The van der Waals surface area contributed by atoms with Gasteiger partial charge in [0, 0.05) is 30.0 Å². The van der Waals surface area contributed by atoms with Crippen LogP contribution in [0.3, 0.4) is 0 Å². The zero-order valence-electron chi connectivity index (χ0n) is 17.6. The maximum atomic E-state index is 6.03. The average molecular weight is 564 g/mol. The van der Waals surface area contributed by atoms with Crippen molar-refractivity contribution >= 4 is 41.5 Å². The number of hydrogen-bond donors (Lipinski definition) is 2. The number of hydrogen-bond acceptors (Lipinski definition) is 5. The lowest BCUT2D eigenvalue weighted by Crippen LogP contribution is -2.38. The monoisotopic (exact) mass is 563 g/mol. The van der Waals surface area contributed by atoms with Gasteiger partial charge in [-0.3, -0.25) is 4.99 Å². The van der Waals surface area contributed by atoms with Crippen molar-refractivity contribution < 1.29 is 4.52 Å². The van der Waals surface area contributed by atoms with Gasteiger partial charge in [-0.25, -0.2) is 4.68 Å². The Morgan fingerprint density at radius 2 is 2.03 bits per heavy atom. The van der Waals surface area contributed by atoms with Gasteiger partial charge in [-0.1, -0.05) is 41.0 Å². The number of guanidine groups is 1. The normalized spacial score (nSPS) is 12.2. The van der Waals surface area contributed by atoms with Crippen molar-refractivity contribution in [1.29, 1.82) is 0 Å². The van der Waals surface area contributed by atoms with Gasteiger partial charge >= 0.3 is 0 Å². The summed E-state index contributed by atoms with van der Waals surface area (Å²) in [5.41, 5.74) is 2.91. The first-order chi connectivity index (χ1) is 15.1. The molecule has 0 fully saturated rings. The van der Waals surface area contributed by atoms with Crippen molar-refractivity contribution in [3.05, 3.63) is 83.5 Å². The van der Waals surface area contributed by atoms with Crippen LogP contribution in [0.25, 0.3) is 17.1 Å². The van der Waals surface area contributed by atoms with Crippen LogP contribution in [0, 0.1) is 0 Å². The Labute approximate surface area is 208 Å². The van der Waals surface area contributed by atoms with E-state index in [1.807, 2.05) is 41.2 Å². The molecule has 10 heteroatoms. The molecule has 4 rings (SSSR count). The van der Waals surface area contributed by atoms with Crippen molar-refractivity contribution in [2.24, 2.45) is 4.99 Å². The maximum Gasteiger partial charge on any atom is 0.246 e. The van der Waals surface area contributed by atoms with Crippen LogP contribution in [-0.4, -0.2) is 32.9 Å². The summed E-state index contributed by atoms with van der Waals surface area (Å²) in [4.78, 5) is 8.70. The Balaban J connectivity index is 0.00000289. The minimum Gasteiger partial charge on any atom is -0.350 e. The molecule has 0 aliphatic heterocycles. The number of aromatic nitrogens is 4. The molecule has 1 atom stereocenters. The summed E-state index contributed by atoms with van der Waals surface area (Å²) in [6.45, 7) is 2.41. The van der Waals surface area contributed by atoms with E-state index >= 15 is 0 Å². The van der Waals surface area contributed by atoms with E-state index in [0.29, 0.717) is 29.2 Å². The van der Waals surface area contributed by atoms with Gasteiger partial charge in [-0.05, 0) is 42.8 Å². The molecule has 2 heterocycles. The summed E-state index contributed by atoms with van der Waals surface area (Å²) in [6.07, 6.45) is 3.68. The third-order valence-corrected chi connectivity index (χ3v) is 4.91. The summed E-state index contributed by atoms with van der Waals surface area (Å²) in [6, 6.07) is 17.4. The van der Waals surface area contributed by atoms with Gasteiger partial charge in [0.05, 0.1) is 18.3 Å². The van der Waals surface area contributed by atoms with E-state index in [4.69, 9.17) is 16.1 Å². The number of nitrogens with zero attached hydrogens (tertiary/aromatic N) is 5. The summed E-state index contributed by atoms with van der Waals surface area (Å²) in [7, 11) is 1.72. The average Bonchev–Trinajstić information content (AvgIpc) is 3.49. The van der Waals surface area contributed by atoms with Gasteiger partial charge in [0.1, 0.15) is 0 Å². The zero-order valence-corrected chi connectivity index (χ0v) is 20.7. The predicted molar refractivity (Wildman–Crippen MR) is 135 cm³/mol. The highest BCUT2D eigenvalue weighted by Crippen LogP contribution is 2.20. The SMILES string of the molecule is CN=C(NCc1nc(-c2cccc(Cl)c2)no1)NC(C)c1cccc(-n2cccn2)c1.I. The van der Waals surface area contributed by atoms with Crippen LogP contribution in [0.1, 0.15) is 24.4 Å². The molecule has 2 aromatic heterocycles. The summed E-state index contributed by atoms with van der Waals surface area (Å²) < 4.78 is 7.17. The fourth-order valence-corrected chi connectivity index (χ4v) is 3.26. The lowest BCUT2D eigenvalue weighted by atomic mass is 10.1. The first-order valence-corrected chi connectivity index (χ1v) is 10.2. The maximum absolute atomic E-state index is 6.03. The molecular formula is C22H23ClIN7O. The molecular weight excluding hydrogens is 541 g/mol. The first kappa shape index (κ1) is 23.7. The molecule has 166 valence electrons. The zero-order chi connectivity index (χ0) is 21.6. The lowest BCUT2D eigenvalue weighted by molar-refractivity contribution is 0.375. The van der Waals surface area contributed by atoms with Crippen molar-refractivity contribution in [2.45, 2.75) is 19.5 Å². The molecule has 0 spiro atoms. The fraction of sp³-hybridized carbons (Fsp3) is 0.182. The Hall–Kier alpha value is -2.92. The molecule has 0 radical (unpaired) electrons. The smallest absolute Gasteiger partial charge is 0.246 e. The number of aliphatic imine (C=N–C) groups is 1. The second kappa shape index (κ2) is 11.1. The predicted octanol–water partition coefficient (Wildman–Crippen LogP) is 4.62. The van der Waals surface area contributed by atoms with E-state index in [9.17, 15) is 0 Å². The van der Waals surface area contributed by atoms with Crippen LogP contribution in [0.4, 0.5) is 0 Å². The van der Waals surface area contributed by atoms with E-state index in [0.717, 1.165) is 16.8 Å². The second-order valence-electron chi connectivity index (χ2n) is 6.86. The van der Waals surface area contributed by atoms with E-state index in [1.165, 1.54) is 0 Å². The van der Waals surface area contributed by atoms with Gasteiger partial charge in [0.25, 0.3) is 0 Å². The molecule has 4 aromatic rings. The van der Waals surface area contributed by atoms with Crippen LogP contribution in [0.5, 0.6) is 0 Å². The molecule has 0 saturated carbocycles. The number of benzene rings is 2. The Kier molecular flexibility index (Phi) is 8.23. The van der Waals surface area contributed by atoms with Crippen LogP contribution in [0.2, 0.25) is 5.02 Å². The number of halogens is 2. The highest BCUT2D eigenvalue weighted by molar-refractivity contribution is 14.0. The summed E-state index contributed by atoms with van der Waals surface area (Å²) in [5, 5.41) is 15.5. The lowest BCUT2D eigenvalue weighted by Gasteiger charge is -2.18. The van der Waals surface area contributed by atoms with Gasteiger partial charge in [0.2, 0.25) is 11.7 Å². The van der Waals surface area contributed by atoms with Crippen LogP contribution < -0.4 is 10.6 Å². The fourth-order valence-electron chi connectivity index (χ4n) is 3.07. The standard InChI is InChI=1S/C22H22ClN7O.HI/c1-15(16-6-4-9-19(13-16)30-11-5-10-26-30)27-22(24-2)25-14-20-28-21(29-31-20)17-7-3-8-18(23)12-17;/h3-13,15H,14H2,1-2H3,(H2,24,25,27);1H. The molecule has 8 nitrogen and oxygen atoms in total. The number of rotatable bonds is 6. The van der Waals surface area contributed by atoms with Gasteiger partial charge in [0.15, 0.2) is 5.96 Å².